The van der Waals surface area contributed by atoms with Gasteiger partial charge in [-0.15, -0.1) is 0 Å². The predicted octanol–water partition coefficient (Wildman–Crippen LogP) is 2.21. The number of hydrogen-bond acceptors (Lipinski definition) is 3. The lowest BCUT2D eigenvalue weighted by Gasteiger charge is -2.15. The highest BCUT2D eigenvalue weighted by Gasteiger charge is 2.41. The van der Waals surface area contributed by atoms with Crippen LogP contribution in [0.1, 0.15) is 18.4 Å². The molecule has 0 radical (unpaired) electrons. The van der Waals surface area contributed by atoms with Gasteiger partial charge in [0.15, 0.2) is 0 Å². The quantitative estimate of drug-likeness (QED) is 0.819. The van der Waals surface area contributed by atoms with Gasteiger partial charge in [0, 0.05) is 35.7 Å². The molecule has 17 heavy (non-hydrogen) atoms. The molecule has 0 atom stereocenters. The van der Waals surface area contributed by atoms with Crippen LogP contribution in [0.15, 0.2) is 18.2 Å². The summed E-state index contributed by atoms with van der Waals surface area (Å²) in [6.07, 6.45) is 2.21. The fourth-order valence-electron chi connectivity index (χ4n) is 1.92. The Bertz CT molecular complexity index is 391. The Balaban J connectivity index is 1.94. The van der Waals surface area contributed by atoms with Crippen molar-refractivity contribution in [3.8, 4) is 5.75 Å². The molecule has 1 fully saturated rings. The first kappa shape index (κ1) is 12.7. The molecule has 0 aromatic heterocycles. The standard InChI is InChI=1S/C13H18ClNO2/c1-17-12-4-2-3-11(14)10(12)7-15-8-13(9-16)5-6-13/h2-4,15-16H,5-9H2,1H3. The molecule has 4 heteroatoms. The highest BCUT2D eigenvalue weighted by atomic mass is 35.5. The molecule has 1 aliphatic carbocycles. The van der Waals surface area contributed by atoms with Crippen LogP contribution in [-0.4, -0.2) is 25.4 Å². The van der Waals surface area contributed by atoms with E-state index in [0.29, 0.717) is 11.6 Å². The third-order valence-electron chi connectivity index (χ3n) is 3.39. The molecule has 1 aromatic carbocycles. The Morgan fingerprint density at radius 2 is 2.24 bits per heavy atom. The largest absolute Gasteiger partial charge is 0.496 e. The van der Waals surface area contributed by atoms with Gasteiger partial charge < -0.3 is 15.2 Å². The van der Waals surface area contributed by atoms with E-state index in [1.807, 2.05) is 18.2 Å². The van der Waals surface area contributed by atoms with Gasteiger partial charge in [0.1, 0.15) is 5.75 Å². The molecule has 0 unspecified atom stereocenters. The smallest absolute Gasteiger partial charge is 0.124 e. The Morgan fingerprint density at radius 1 is 1.47 bits per heavy atom. The number of hydrogen-bond donors (Lipinski definition) is 2. The maximum Gasteiger partial charge on any atom is 0.124 e. The normalized spacial score (nSPS) is 16.9. The minimum absolute atomic E-state index is 0.120. The van der Waals surface area contributed by atoms with Crippen molar-refractivity contribution in [1.29, 1.82) is 0 Å². The summed E-state index contributed by atoms with van der Waals surface area (Å²) in [5, 5.41) is 13.3. The number of aliphatic hydroxyl groups is 1. The molecule has 0 bridgehead atoms. The maximum absolute atomic E-state index is 9.22. The van der Waals surface area contributed by atoms with Crippen molar-refractivity contribution in [1.82, 2.24) is 5.32 Å². The molecule has 0 spiro atoms. The fourth-order valence-corrected chi connectivity index (χ4v) is 2.15. The van der Waals surface area contributed by atoms with Crippen LogP contribution in [0.5, 0.6) is 5.75 Å². The first-order valence-electron chi connectivity index (χ1n) is 5.84. The van der Waals surface area contributed by atoms with Gasteiger partial charge in [0.05, 0.1) is 7.11 Å². The van der Waals surface area contributed by atoms with Crippen molar-refractivity contribution in [2.45, 2.75) is 19.4 Å². The monoisotopic (exact) mass is 255 g/mol. The lowest BCUT2D eigenvalue weighted by atomic mass is 10.1. The molecule has 2 rings (SSSR count). The highest BCUT2D eigenvalue weighted by Crippen LogP contribution is 2.44. The van der Waals surface area contributed by atoms with E-state index in [1.165, 1.54) is 0 Å². The van der Waals surface area contributed by atoms with E-state index >= 15 is 0 Å². The topological polar surface area (TPSA) is 41.5 Å². The zero-order chi connectivity index (χ0) is 12.3. The summed E-state index contributed by atoms with van der Waals surface area (Å²) in [5.74, 6) is 0.804. The van der Waals surface area contributed by atoms with Crippen LogP contribution < -0.4 is 10.1 Å². The number of aliphatic hydroxyl groups excluding tert-OH is 1. The fraction of sp³-hybridized carbons (Fsp3) is 0.538. The van der Waals surface area contributed by atoms with Gasteiger partial charge in [-0.05, 0) is 25.0 Å². The van der Waals surface area contributed by atoms with E-state index in [9.17, 15) is 5.11 Å². The summed E-state index contributed by atoms with van der Waals surface area (Å²) in [5.41, 5.74) is 1.10. The number of benzene rings is 1. The van der Waals surface area contributed by atoms with Crippen LogP contribution in [0.2, 0.25) is 5.02 Å². The van der Waals surface area contributed by atoms with Gasteiger partial charge in [0.2, 0.25) is 0 Å². The summed E-state index contributed by atoms with van der Waals surface area (Å²) in [6.45, 7) is 1.77. The van der Waals surface area contributed by atoms with Gasteiger partial charge in [0.25, 0.3) is 0 Å². The summed E-state index contributed by atoms with van der Waals surface area (Å²) in [4.78, 5) is 0. The van der Waals surface area contributed by atoms with Crippen LogP contribution >= 0.6 is 11.6 Å². The number of nitrogens with one attached hydrogen (secondary N) is 1. The van der Waals surface area contributed by atoms with Gasteiger partial charge in [-0.3, -0.25) is 0 Å². The third-order valence-corrected chi connectivity index (χ3v) is 3.74. The van der Waals surface area contributed by atoms with Crippen LogP contribution in [0.3, 0.4) is 0 Å². The Hall–Kier alpha value is -0.770. The lowest BCUT2D eigenvalue weighted by Crippen LogP contribution is -2.26. The molecule has 2 N–H and O–H groups in total. The van der Waals surface area contributed by atoms with Crippen LogP contribution in [0, 0.1) is 5.41 Å². The lowest BCUT2D eigenvalue weighted by molar-refractivity contribution is 0.207. The Kier molecular flexibility index (Phi) is 3.92. The average Bonchev–Trinajstić information content (AvgIpc) is 3.12. The molecule has 94 valence electrons. The van der Waals surface area contributed by atoms with Crippen molar-refractivity contribution in [2.75, 3.05) is 20.3 Å². The van der Waals surface area contributed by atoms with E-state index in [-0.39, 0.29) is 12.0 Å². The number of halogens is 1. The minimum atomic E-state index is 0.120. The SMILES string of the molecule is COc1cccc(Cl)c1CNCC1(CO)CC1. The van der Waals surface area contributed by atoms with E-state index in [1.54, 1.807) is 7.11 Å². The van der Waals surface area contributed by atoms with Gasteiger partial charge in [-0.2, -0.15) is 0 Å². The van der Waals surface area contributed by atoms with E-state index in [2.05, 4.69) is 5.32 Å². The summed E-state index contributed by atoms with van der Waals surface area (Å²) in [6, 6.07) is 5.64. The van der Waals surface area contributed by atoms with E-state index in [4.69, 9.17) is 16.3 Å². The van der Waals surface area contributed by atoms with Gasteiger partial charge in [-0.1, -0.05) is 17.7 Å². The molecule has 1 saturated carbocycles. The van der Waals surface area contributed by atoms with Crippen molar-refractivity contribution in [3.05, 3.63) is 28.8 Å². The molecule has 0 heterocycles. The number of rotatable bonds is 6. The van der Waals surface area contributed by atoms with Crippen LogP contribution in [0.4, 0.5) is 0 Å². The van der Waals surface area contributed by atoms with Gasteiger partial charge in [-0.25, -0.2) is 0 Å². The third kappa shape index (κ3) is 2.92. The van der Waals surface area contributed by atoms with E-state index in [0.717, 1.165) is 30.7 Å². The Labute approximate surface area is 107 Å². The second-order valence-electron chi connectivity index (χ2n) is 4.68. The van der Waals surface area contributed by atoms with Crippen molar-refractivity contribution >= 4 is 11.6 Å². The van der Waals surface area contributed by atoms with Crippen LogP contribution in [0.25, 0.3) is 0 Å². The molecular formula is C13H18ClNO2. The summed E-state index contributed by atoms with van der Waals surface area (Å²) >= 11 is 6.14. The number of methoxy groups -OCH3 is 1. The molecule has 0 aliphatic heterocycles. The molecule has 0 saturated heterocycles. The zero-order valence-electron chi connectivity index (χ0n) is 10.0. The second kappa shape index (κ2) is 5.25. The molecular weight excluding hydrogens is 238 g/mol. The molecule has 0 amide bonds. The molecule has 3 nitrogen and oxygen atoms in total. The second-order valence-corrected chi connectivity index (χ2v) is 5.09. The molecule has 1 aliphatic rings. The summed E-state index contributed by atoms with van der Waals surface area (Å²) < 4.78 is 5.28. The first-order valence-corrected chi connectivity index (χ1v) is 6.21. The minimum Gasteiger partial charge on any atom is -0.496 e. The van der Waals surface area contributed by atoms with Crippen molar-refractivity contribution < 1.29 is 9.84 Å². The van der Waals surface area contributed by atoms with Gasteiger partial charge >= 0.3 is 0 Å². The maximum atomic E-state index is 9.22. The van der Waals surface area contributed by atoms with Crippen molar-refractivity contribution in [3.63, 3.8) is 0 Å². The summed E-state index contributed by atoms with van der Waals surface area (Å²) in [7, 11) is 1.64. The predicted molar refractivity (Wildman–Crippen MR) is 68.5 cm³/mol. The first-order chi connectivity index (χ1) is 8.21. The van der Waals surface area contributed by atoms with E-state index < -0.39 is 0 Å². The van der Waals surface area contributed by atoms with Crippen molar-refractivity contribution in [2.24, 2.45) is 5.41 Å². The average molecular weight is 256 g/mol. The molecule has 1 aromatic rings. The number of ether oxygens (including phenoxy) is 1. The Morgan fingerprint density at radius 3 is 2.82 bits per heavy atom. The zero-order valence-corrected chi connectivity index (χ0v) is 10.8. The van der Waals surface area contributed by atoms with Crippen LogP contribution in [-0.2, 0) is 6.54 Å². The highest BCUT2D eigenvalue weighted by molar-refractivity contribution is 6.31.